The highest BCUT2D eigenvalue weighted by Crippen LogP contribution is 2.38. The molecule has 1 aliphatic heterocycles. The smallest absolute Gasteiger partial charge is 0.336 e. The second-order valence-electron chi connectivity index (χ2n) is 7.97. The summed E-state index contributed by atoms with van der Waals surface area (Å²) < 4.78 is 5.81. The molecule has 3 aromatic rings. The van der Waals surface area contributed by atoms with E-state index in [0.717, 1.165) is 17.3 Å². The van der Waals surface area contributed by atoms with Crippen molar-refractivity contribution in [3.8, 4) is 5.75 Å². The topological polar surface area (TPSA) is 79.2 Å². The molecule has 0 saturated carbocycles. The first-order valence-corrected chi connectivity index (χ1v) is 13.0. The number of ether oxygens (including phenoxy) is 1. The minimum atomic E-state index is -1.04. The van der Waals surface area contributed by atoms with E-state index in [0.29, 0.717) is 42.7 Å². The minimum absolute atomic E-state index is 0.153. The predicted octanol–water partition coefficient (Wildman–Crippen LogP) is 8.12. The lowest BCUT2D eigenvalue weighted by Crippen LogP contribution is -2.23. The number of aliphatic imine (C=N–C) groups is 1. The molecule has 0 radical (unpaired) electrons. The fourth-order valence-corrected chi connectivity index (χ4v) is 5.38. The fourth-order valence-electron chi connectivity index (χ4n) is 3.47. The molecular weight excluding hydrogens is 578 g/mol. The number of carbonyl (C=O) groups excluding carboxylic acids is 1. The summed E-state index contributed by atoms with van der Waals surface area (Å²) in [5.41, 5.74) is 2.53. The third-order valence-electron chi connectivity index (χ3n) is 5.44. The third-order valence-corrected chi connectivity index (χ3v) is 7.80. The van der Waals surface area contributed by atoms with Crippen LogP contribution in [-0.4, -0.2) is 34.1 Å². The molecule has 1 N–H and O–H groups in total. The molecule has 0 aromatic heterocycles. The molecule has 11 heteroatoms. The molecule has 0 unspecified atom stereocenters. The van der Waals surface area contributed by atoms with E-state index < -0.39 is 5.97 Å². The summed E-state index contributed by atoms with van der Waals surface area (Å²) in [6.45, 7) is 1.86. The Morgan fingerprint density at radius 3 is 2.41 bits per heavy atom. The number of halogens is 4. The lowest BCUT2D eigenvalue weighted by Gasteiger charge is -2.11. The highest BCUT2D eigenvalue weighted by Gasteiger charge is 2.31. The van der Waals surface area contributed by atoms with E-state index >= 15 is 0 Å². The van der Waals surface area contributed by atoms with Crippen LogP contribution in [0.2, 0.25) is 20.1 Å². The van der Waals surface area contributed by atoms with Crippen molar-refractivity contribution in [1.82, 2.24) is 4.90 Å². The van der Waals surface area contributed by atoms with E-state index in [9.17, 15) is 14.7 Å². The molecule has 190 valence electrons. The van der Waals surface area contributed by atoms with Gasteiger partial charge in [0.2, 0.25) is 0 Å². The molecule has 0 bridgehead atoms. The second kappa shape index (κ2) is 11.4. The van der Waals surface area contributed by atoms with Gasteiger partial charge < -0.3 is 9.84 Å². The second-order valence-corrected chi connectivity index (χ2v) is 10.6. The van der Waals surface area contributed by atoms with Gasteiger partial charge in [0.25, 0.3) is 5.91 Å². The number of hydrogen-bond donors (Lipinski definition) is 1. The zero-order chi connectivity index (χ0) is 26.9. The van der Waals surface area contributed by atoms with Crippen LogP contribution in [0, 0.1) is 6.92 Å². The standard InChI is InChI=1S/C26H18Cl4N2O4S/c1-13-16(25(34)35)4-3-5-21(13)31-26-32(2)24(33)22(37-26)11-15-9-19(29)23(20(30)10-15)36-12-14-6-7-17(27)18(28)8-14/h3-11H,12H2,1-2H3,(H,34,35)/b22-11-,31-26?. The molecule has 37 heavy (non-hydrogen) atoms. The Morgan fingerprint density at radius 2 is 1.76 bits per heavy atom. The van der Waals surface area contributed by atoms with Crippen LogP contribution in [0.1, 0.15) is 27.0 Å². The molecule has 1 fully saturated rings. The number of aromatic carboxylic acids is 1. The van der Waals surface area contributed by atoms with Crippen LogP contribution < -0.4 is 4.74 Å². The summed E-state index contributed by atoms with van der Waals surface area (Å²) in [5, 5.41) is 11.2. The van der Waals surface area contributed by atoms with Crippen molar-refractivity contribution in [3.63, 3.8) is 0 Å². The van der Waals surface area contributed by atoms with E-state index in [2.05, 4.69) is 4.99 Å². The number of nitrogens with zero attached hydrogens (tertiary/aromatic N) is 2. The Morgan fingerprint density at radius 1 is 1.05 bits per heavy atom. The zero-order valence-electron chi connectivity index (χ0n) is 19.4. The Labute approximate surface area is 237 Å². The van der Waals surface area contributed by atoms with Gasteiger partial charge in [-0.05, 0) is 77.9 Å². The number of carbonyl (C=O) groups is 2. The van der Waals surface area contributed by atoms with E-state index in [-0.39, 0.29) is 28.1 Å². The van der Waals surface area contributed by atoms with Crippen LogP contribution in [0.5, 0.6) is 5.75 Å². The number of likely N-dealkylation sites (N-methyl/N-ethyl adjacent to an activating group) is 1. The average Bonchev–Trinajstić information content (AvgIpc) is 3.09. The summed E-state index contributed by atoms with van der Waals surface area (Å²) in [6, 6.07) is 13.3. The van der Waals surface area contributed by atoms with Crippen LogP contribution in [0.25, 0.3) is 6.08 Å². The lowest BCUT2D eigenvalue weighted by atomic mass is 10.1. The van der Waals surface area contributed by atoms with Gasteiger partial charge in [0.05, 0.1) is 36.2 Å². The summed E-state index contributed by atoms with van der Waals surface area (Å²) in [5.74, 6) is -1.00. The maximum atomic E-state index is 12.9. The number of amides is 1. The monoisotopic (exact) mass is 594 g/mol. The van der Waals surface area contributed by atoms with Gasteiger partial charge in [0.1, 0.15) is 6.61 Å². The predicted molar refractivity (Wildman–Crippen MR) is 151 cm³/mol. The highest BCUT2D eigenvalue weighted by atomic mass is 35.5. The van der Waals surface area contributed by atoms with Crippen molar-refractivity contribution in [3.05, 3.63) is 95.8 Å². The number of carboxylic acids is 1. The van der Waals surface area contributed by atoms with Gasteiger partial charge in [0.15, 0.2) is 10.9 Å². The number of thioether (sulfide) groups is 1. The zero-order valence-corrected chi connectivity index (χ0v) is 23.2. The Hall–Kier alpha value is -2.68. The molecule has 4 rings (SSSR count). The van der Waals surface area contributed by atoms with Gasteiger partial charge in [-0.15, -0.1) is 0 Å². The molecule has 6 nitrogen and oxygen atoms in total. The van der Waals surface area contributed by atoms with Crippen molar-refractivity contribution in [2.24, 2.45) is 4.99 Å². The molecule has 0 spiro atoms. The van der Waals surface area contributed by atoms with E-state index in [1.54, 1.807) is 62.5 Å². The number of amidine groups is 1. The van der Waals surface area contributed by atoms with Crippen molar-refractivity contribution in [1.29, 1.82) is 0 Å². The average molecular weight is 596 g/mol. The Balaban J connectivity index is 1.56. The number of benzene rings is 3. The SMILES string of the molecule is Cc1c(N=C2S/C(=C\c3cc(Cl)c(OCc4ccc(Cl)c(Cl)c4)c(Cl)c3)C(=O)N2C)cccc1C(=O)O. The molecule has 1 heterocycles. The number of hydrogen-bond acceptors (Lipinski definition) is 5. The van der Waals surface area contributed by atoms with Gasteiger partial charge in [-0.2, -0.15) is 0 Å². The van der Waals surface area contributed by atoms with E-state index in [1.807, 2.05) is 0 Å². The molecule has 0 aliphatic carbocycles. The van der Waals surface area contributed by atoms with Crippen molar-refractivity contribution < 1.29 is 19.4 Å². The van der Waals surface area contributed by atoms with Gasteiger partial charge in [0, 0.05) is 7.05 Å². The summed E-state index contributed by atoms with van der Waals surface area (Å²) in [4.78, 5) is 30.6. The summed E-state index contributed by atoms with van der Waals surface area (Å²) in [6.07, 6.45) is 1.66. The molecule has 1 aliphatic rings. The Bertz CT molecular complexity index is 1470. The maximum Gasteiger partial charge on any atom is 0.336 e. The van der Waals surface area contributed by atoms with Crippen molar-refractivity contribution >= 4 is 87.0 Å². The van der Waals surface area contributed by atoms with E-state index in [4.69, 9.17) is 51.1 Å². The molecule has 1 amide bonds. The van der Waals surface area contributed by atoms with E-state index in [1.165, 1.54) is 11.0 Å². The molecular formula is C26H18Cl4N2O4S. The third kappa shape index (κ3) is 6.08. The largest absolute Gasteiger partial charge is 0.486 e. The molecule has 1 saturated heterocycles. The normalized spacial score (nSPS) is 15.6. The number of carboxylic acid groups (broad SMARTS) is 1. The van der Waals surface area contributed by atoms with Crippen LogP contribution in [0.4, 0.5) is 5.69 Å². The van der Waals surface area contributed by atoms with Crippen LogP contribution in [0.3, 0.4) is 0 Å². The highest BCUT2D eigenvalue weighted by molar-refractivity contribution is 8.18. The van der Waals surface area contributed by atoms with Crippen LogP contribution >= 0.6 is 58.2 Å². The lowest BCUT2D eigenvalue weighted by molar-refractivity contribution is -0.121. The van der Waals surface area contributed by atoms with Gasteiger partial charge >= 0.3 is 5.97 Å². The van der Waals surface area contributed by atoms with Crippen LogP contribution in [-0.2, 0) is 11.4 Å². The molecule has 0 atom stereocenters. The molecule has 3 aromatic carbocycles. The summed E-state index contributed by atoms with van der Waals surface area (Å²) in [7, 11) is 1.60. The first-order chi connectivity index (χ1) is 17.5. The van der Waals surface area contributed by atoms with Crippen molar-refractivity contribution in [2.45, 2.75) is 13.5 Å². The summed E-state index contributed by atoms with van der Waals surface area (Å²) >= 11 is 26.1. The minimum Gasteiger partial charge on any atom is -0.486 e. The van der Waals surface area contributed by atoms with Gasteiger partial charge in [-0.3, -0.25) is 9.69 Å². The van der Waals surface area contributed by atoms with Crippen LogP contribution in [0.15, 0.2) is 58.4 Å². The van der Waals surface area contributed by atoms with Gasteiger partial charge in [-0.25, -0.2) is 9.79 Å². The maximum absolute atomic E-state index is 12.9. The number of rotatable bonds is 6. The van der Waals surface area contributed by atoms with Crippen molar-refractivity contribution in [2.75, 3.05) is 7.05 Å². The fraction of sp³-hybridized carbons (Fsp3) is 0.115. The Kier molecular flexibility index (Phi) is 8.41. The van der Waals surface area contributed by atoms with Gasteiger partial charge in [-0.1, -0.05) is 58.5 Å². The quantitative estimate of drug-likeness (QED) is 0.291. The first kappa shape index (κ1) is 27.4. The first-order valence-electron chi connectivity index (χ1n) is 10.7.